The normalized spacial score (nSPS) is 15.1. The first-order valence-electron chi connectivity index (χ1n) is 11.4. The second kappa shape index (κ2) is 10.3. The summed E-state index contributed by atoms with van der Waals surface area (Å²) >= 11 is 5.84. The highest BCUT2D eigenvalue weighted by atomic mass is 35.5. The third kappa shape index (κ3) is 5.09. The number of carbonyl (C=O) groups is 2. The minimum absolute atomic E-state index is 0.0579. The van der Waals surface area contributed by atoms with Gasteiger partial charge in [0.05, 0.1) is 11.1 Å². The number of hydrogen-bond donors (Lipinski definition) is 1. The van der Waals surface area contributed by atoms with E-state index in [0.717, 1.165) is 16.8 Å². The Balaban J connectivity index is 1.54. The van der Waals surface area contributed by atoms with Crippen LogP contribution in [0.2, 0.25) is 5.02 Å². The number of fused-ring (bicyclic) bond motifs is 1. The number of nitrogens with zero attached hydrogens (tertiary/aromatic N) is 3. The van der Waals surface area contributed by atoms with Gasteiger partial charge in [-0.1, -0.05) is 48.4 Å². The number of hydrogen-bond acceptors (Lipinski definition) is 2. The highest BCUT2D eigenvalue weighted by molar-refractivity contribution is 6.31. The van der Waals surface area contributed by atoms with Crippen LogP contribution in [0.15, 0.2) is 60.8 Å². The predicted molar refractivity (Wildman–Crippen MR) is 131 cm³/mol. The van der Waals surface area contributed by atoms with Crippen LogP contribution >= 0.6 is 11.6 Å². The summed E-state index contributed by atoms with van der Waals surface area (Å²) in [6, 6.07) is 15.6. The molecule has 1 aliphatic rings. The van der Waals surface area contributed by atoms with Crippen LogP contribution < -0.4 is 5.32 Å². The fourth-order valence-corrected chi connectivity index (χ4v) is 4.48. The van der Waals surface area contributed by atoms with Crippen LogP contribution in [-0.4, -0.2) is 45.9 Å². The third-order valence-electron chi connectivity index (χ3n) is 6.03. The van der Waals surface area contributed by atoms with Crippen molar-refractivity contribution in [3.8, 4) is 0 Å². The number of anilines is 1. The van der Waals surface area contributed by atoms with Gasteiger partial charge < -0.3 is 19.7 Å². The lowest BCUT2D eigenvalue weighted by Gasteiger charge is -2.38. The zero-order chi connectivity index (χ0) is 24.2. The molecule has 0 fully saturated rings. The summed E-state index contributed by atoms with van der Waals surface area (Å²) in [5.41, 5.74) is 3.61. The van der Waals surface area contributed by atoms with Gasteiger partial charge in [-0.25, -0.2) is 9.18 Å². The van der Waals surface area contributed by atoms with Crippen molar-refractivity contribution in [2.75, 3.05) is 25.0 Å². The van der Waals surface area contributed by atoms with E-state index in [4.69, 9.17) is 11.6 Å². The van der Waals surface area contributed by atoms with E-state index in [0.29, 0.717) is 31.7 Å². The molecule has 1 atom stereocenters. The van der Waals surface area contributed by atoms with Gasteiger partial charge >= 0.3 is 6.03 Å². The number of aryl methyl sites for hydroxylation is 1. The van der Waals surface area contributed by atoms with Crippen LogP contribution in [0, 0.1) is 12.7 Å². The maximum atomic E-state index is 13.5. The lowest BCUT2D eigenvalue weighted by Crippen LogP contribution is -2.48. The van der Waals surface area contributed by atoms with Crippen molar-refractivity contribution in [2.24, 2.45) is 0 Å². The summed E-state index contributed by atoms with van der Waals surface area (Å²) in [7, 11) is 0. The molecule has 8 heteroatoms. The maximum absolute atomic E-state index is 13.5. The van der Waals surface area contributed by atoms with Crippen molar-refractivity contribution < 1.29 is 14.0 Å². The molecule has 3 aromatic rings. The minimum atomic E-state index is -0.558. The molecule has 0 radical (unpaired) electrons. The van der Waals surface area contributed by atoms with E-state index in [9.17, 15) is 14.0 Å². The molecule has 3 amide bonds. The first-order chi connectivity index (χ1) is 16.4. The first kappa shape index (κ1) is 23.8. The molecule has 1 aliphatic heterocycles. The zero-order valence-corrected chi connectivity index (χ0v) is 20.1. The first-order valence-corrected chi connectivity index (χ1v) is 11.8. The second-order valence-electron chi connectivity index (χ2n) is 8.51. The van der Waals surface area contributed by atoms with Gasteiger partial charge in [-0.2, -0.15) is 0 Å². The summed E-state index contributed by atoms with van der Waals surface area (Å²) in [5, 5.41) is 2.65. The minimum Gasteiger partial charge on any atom is -0.348 e. The molecule has 34 heavy (non-hydrogen) atoms. The van der Waals surface area contributed by atoms with Crippen LogP contribution in [0.4, 0.5) is 14.9 Å². The van der Waals surface area contributed by atoms with Crippen LogP contribution in [0.25, 0.3) is 0 Å². The lowest BCUT2D eigenvalue weighted by atomic mass is 9.98. The number of urea groups is 1. The zero-order valence-electron chi connectivity index (χ0n) is 19.3. The van der Waals surface area contributed by atoms with Crippen LogP contribution in [0.1, 0.15) is 36.2 Å². The third-order valence-corrected chi connectivity index (χ3v) is 6.32. The molecule has 1 aromatic heterocycles. The quantitative estimate of drug-likeness (QED) is 0.507. The largest absolute Gasteiger partial charge is 0.348 e. The Hall–Kier alpha value is -3.32. The van der Waals surface area contributed by atoms with Crippen LogP contribution in [0.5, 0.6) is 0 Å². The Morgan fingerprint density at radius 1 is 1.15 bits per heavy atom. The van der Waals surface area contributed by atoms with Crippen molar-refractivity contribution >= 4 is 29.2 Å². The smallest absolute Gasteiger partial charge is 0.322 e. The van der Waals surface area contributed by atoms with E-state index in [1.54, 1.807) is 0 Å². The molecule has 0 saturated carbocycles. The van der Waals surface area contributed by atoms with Gasteiger partial charge in [0.1, 0.15) is 12.4 Å². The second-order valence-corrected chi connectivity index (χ2v) is 8.91. The molecule has 178 valence electrons. The number of rotatable bonds is 6. The molecule has 0 spiro atoms. The van der Waals surface area contributed by atoms with E-state index >= 15 is 0 Å². The molecule has 0 saturated heterocycles. The van der Waals surface area contributed by atoms with Crippen molar-refractivity contribution in [1.82, 2.24) is 14.4 Å². The van der Waals surface area contributed by atoms with Gasteiger partial charge in [0.25, 0.3) is 0 Å². The fraction of sp³-hybridized carbons (Fsp3) is 0.308. The standard InChI is InChI=1S/C26H28ClFN4O2/c1-3-12-31(26(34)29-20-10-11-22(28)21(27)16-20)17-24(33)32-15-14-30-13-4-5-23(30)25(32)19-8-6-18(2)7-9-19/h4-11,13,16,25H,3,12,14-15,17H2,1-2H3,(H,29,34)/t25-/m0/s1. The van der Waals surface area contributed by atoms with E-state index in [-0.39, 0.29) is 23.5 Å². The van der Waals surface area contributed by atoms with Gasteiger partial charge in [-0.05, 0) is 49.2 Å². The molecule has 0 unspecified atom stereocenters. The van der Waals surface area contributed by atoms with Crippen molar-refractivity contribution in [2.45, 2.75) is 32.9 Å². The number of halogens is 2. The molecule has 2 heterocycles. The topological polar surface area (TPSA) is 57.6 Å². The summed E-state index contributed by atoms with van der Waals surface area (Å²) in [5.74, 6) is -0.684. The van der Waals surface area contributed by atoms with Gasteiger partial charge in [0.15, 0.2) is 0 Å². The molecular weight excluding hydrogens is 455 g/mol. The van der Waals surface area contributed by atoms with Crippen LogP contribution in [-0.2, 0) is 11.3 Å². The van der Waals surface area contributed by atoms with Crippen molar-refractivity contribution in [1.29, 1.82) is 0 Å². The monoisotopic (exact) mass is 482 g/mol. The summed E-state index contributed by atoms with van der Waals surface area (Å²) in [6.07, 6.45) is 2.72. The Labute approximate surface area is 203 Å². The number of aromatic nitrogens is 1. The van der Waals surface area contributed by atoms with Crippen LogP contribution in [0.3, 0.4) is 0 Å². The van der Waals surface area contributed by atoms with Crippen molar-refractivity contribution in [3.05, 3.63) is 88.5 Å². The Kier molecular flexibility index (Phi) is 7.22. The average Bonchev–Trinajstić information content (AvgIpc) is 3.30. The Morgan fingerprint density at radius 2 is 1.91 bits per heavy atom. The Bertz CT molecular complexity index is 1180. The molecule has 0 bridgehead atoms. The van der Waals surface area contributed by atoms with E-state index in [2.05, 4.69) is 22.0 Å². The summed E-state index contributed by atoms with van der Waals surface area (Å²) < 4.78 is 15.6. The molecular formula is C26H28ClFN4O2. The van der Waals surface area contributed by atoms with Gasteiger partial charge in [-0.3, -0.25) is 4.79 Å². The summed E-state index contributed by atoms with van der Waals surface area (Å²) in [4.78, 5) is 29.8. The lowest BCUT2D eigenvalue weighted by molar-refractivity contribution is -0.134. The fourth-order valence-electron chi connectivity index (χ4n) is 4.30. The Morgan fingerprint density at radius 3 is 2.62 bits per heavy atom. The van der Waals surface area contributed by atoms with E-state index < -0.39 is 11.8 Å². The van der Waals surface area contributed by atoms with Gasteiger partial charge in [0.2, 0.25) is 5.91 Å². The SMILES string of the molecule is CCCN(CC(=O)N1CCn2cccc2[C@@H]1c1ccc(C)cc1)C(=O)Nc1ccc(F)c(Cl)c1. The molecule has 1 N–H and O–H groups in total. The van der Waals surface area contributed by atoms with E-state index in [1.807, 2.05) is 49.2 Å². The number of amides is 3. The molecule has 4 rings (SSSR count). The predicted octanol–water partition coefficient (Wildman–Crippen LogP) is 5.46. The highest BCUT2D eigenvalue weighted by Gasteiger charge is 2.33. The van der Waals surface area contributed by atoms with Gasteiger partial charge in [0, 0.05) is 37.2 Å². The number of carbonyl (C=O) groups excluding carboxylic acids is 2. The molecule has 6 nitrogen and oxygen atoms in total. The number of nitrogens with one attached hydrogen (secondary N) is 1. The van der Waals surface area contributed by atoms with E-state index in [1.165, 1.54) is 23.1 Å². The molecule has 0 aliphatic carbocycles. The van der Waals surface area contributed by atoms with Gasteiger partial charge in [-0.15, -0.1) is 0 Å². The van der Waals surface area contributed by atoms with Crippen molar-refractivity contribution in [3.63, 3.8) is 0 Å². The average molecular weight is 483 g/mol. The highest BCUT2D eigenvalue weighted by Crippen LogP contribution is 2.32. The maximum Gasteiger partial charge on any atom is 0.322 e. The summed E-state index contributed by atoms with van der Waals surface area (Å²) in [6.45, 7) is 5.58. The molecule has 2 aromatic carbocycles. The number of benzene rings is 2.